The van der Waals surface area contributed by atoms with Gasteiger partial charge in [-0.05, 0) is 36.6 Å². The molecule has 1 aromatic carbocycles. The Morgan fingerprint density at radius 1 is 1.58 bits per heavy atom. The Kier molecular flexibility index (Phi) is 3.67. The van der Waals surface area contributed by atoms with Crippen molar-refractivity contribution < 1.29 is 14.3 Å². The van der Waals surface area contributed by atoms with E-state index in [2.05, 4.69) is 11.4 Å². The zero-order chi connectivity index (χ0) is 14.0. The summed E-state index contributed by atoms with van der Waals surface area (Å²) in [6.07, 6.45) is -0.738. The van der Waals surface area contributed by atoms with Crippen molar-refractivity contribution >= 4 is 27.5 Å². The quantitative estimate of drug-likeness (QED) is 0.906. The molecule has 4 nitrogen and oxygen atoms in total. The van der Waals surface area contributed by atoms with Crippen molar-refractivity contribution in [1.29, 1.82) is 5.26 Å². The molecule has 0 radical (unpaired) electrons. The molecule has 2 rings (SSSR count). The Morgan fingerprint density at radius 2 is 2.32 bits per heavy atom. The van der Waals surface area contributed by atoms with E-state index in [-0.39, 0.29) is 12.4 Å². The lowest BCUT2D eigenvalue weighted by Gasteiger charge is -2.02. The number of nitrogens with zero attached hydrogens (tertiary/aromatic N) is 1. The summed E-state index contributed by atoms with van der Waals surface area (Å²) in [6.45, 7) is 1.99. The molecule has 1 heterocycles. The first-order chi connectivity index (χ1) is 9.02. The predicted molar refractivity (Wildman–Crippen MR) is 71.0 cm³/mol. The molecule has 0 fully saturated rings. The van der Waals surface area contributed by atoms with E-state index in [0.29, 0.717) is 22.2 Å². The van der Waals surface area contributed by atoms with Gasteiger partial charge in [-0.2, -0.15) is 5.26 Å². The van der Waals surface area contributed by atoms with E-state index in [9.17, 15) is 9.18 Å². The highest BCUT2D eigenvalue weighted by atomic mass is 32.1. The number of hydrogen-bond donors (Lipinski definition) is 2. The minimum Gasteiger partial charge on any atom is -0.465 e. The Balaban J connectivity index is 2.46. The zero-order valence-corrected chi connectivity index (χ0v) is 11.0. The second kappa shape index (κ2) is 5.24. The Bertz CT molecular complexity index is 688. The Labute approximate surface area is 113 Å². The third-order valence-corrected chi connectivity index (χ3v) is 4.08. The molecular formula is C13H11FN2O2S. The van der Waals surface area contributed by atoms with Crippen molar-refractivity contribution in [3.63, 3.8) is 0 Å². The third-order valence-electron chi connectivity index (χ3n) is 2.80. The third kappa shape index (κ3) is 2.66. The van der Waals surface area contributed by atoms with Gasteiger partial charge in [-0.15, -0.1) is 11.3 Å². The summed E-state index contributed by atoms with van der Waals surface area (Å²) in [5, 5.41) is 20.6. The van der Waals surface area contributed by atoms with Crippen LogP contribution in [0.2, 0.25) is 0 Å². The predicted octanol–water partition coefficient (Wildman–Crippen LogP) is 3.03. The lowest BCUT2D eigenvalue weighted by Crippen LogP contribution is -2.23. The number of carbonyl (C=O) groups is 1. The highest BCUT2D eigenvalue weighted by molar-refractivity contribution is 7.20. The molecule has 0 saturated carbocycles. The van der Waals surface area contributed by atoms with Crippen LogP contribution < -0.4 is 5.32 Å². The van der Waals surface area contributed by atoms with Crippen LogP contribution in [0.5, 0.6) is 0 Å². The largest absolute Gasteiger partial charge is 0.465 e. The van der Waals surface area contributed by atoms with E-state index in [4.69, 9.17) is 10.4 Å². The minimum atomic E-state index is -1.11. The number of aryl methyl sites for hydroxylation is 1. The van der Waals surface area contributed by atoms with Crippen molar-refractivity contribution in [3.05, 3.63) is 34.0 Å². The van der Waals surface area contributed by atoms with Gasteiger partial charge in [0.1, 0.15) is 16.8 Å². The van der Waals surface area contributed by atoms with Crippen LogP contribution in [0, 0.1) is 24.1 Å². The maximum atomic E-state index is 13.5. The standard InChI is InChI=1S/C13H11FN2O2S/c1-7-4-8(14)5-10-9(2-3-16-13(17)18)11(6-15)19-12(7)10/h4-5,16H,2-3H2,1H3,(H,17,18). The maximum Gasteiger partial charge on any atom is 0.404 e. The number of carboxylic acid groups (broad SMARTS) is 1. The average molecular weight is 278 g/mol. The van der Waals surface area contributed by atoms with Gasteiger partial charge in [0.05, 0.1) is 0 Å². The number of halogens is 1. The smallest absolute Gasteiger partial charge is 0.404 e. The van der Waals surface area contributed by atoms with Crippen LogP contribution in [0.15, 0.2) is 12.1 Å². The number of benzene rings is 1. The summed E-state index contributed by atoms with van der Waals surface area (Å²) in [5.74, 6) is -0.347. The maximum absolute atomic E-state index is 13.5. The van der Waals surface area contributed by atoms with E-state index >= 15 is 0 Å². The van der Waals surface area contributed by atoms with Gasteiger partial charge in [0.25, 0.3) is 0 Å². The zero-order valence-electron chi connectivity index (χ0n) is 10.2. The van der Waals surface area contributed by atoms with E-state index in [1.807, 2.05) is 0 Å². The average Bonchev–Trinajstić information content (AvgIpc) is 2.67. The monoisotopic (exact) mass is 278 g/mol. The number of fused-ring (bicyclic) bond motifs is 1. The molecule has 98 valence electrons. The van der Waals surface area contributed by atoms with Crippen molar-refractivity contribution in [3.8, 4) is 6.07 Å². The lowest BCUT2D eigenvalue weighted by molar-refractivity contribution is 0.194. The molecule has 0 aliphatic rings. The fraction of sp³-hybridized carbons (Fsp3) is 0.231. The van der Waals surface area contributed by atoms with Crippen LogP contribution >= 0.6 is 11.3 Å². The molecular weight excluding hydrogens is 267 g/mol. The van der Waals surface area contributed by atoms with Crippen molar-refractivity contribution in [1.82, 2.24) is 5.32 Å². The molecule has 0 atom stereocenters. The molecule has 0 bridgehead atoms. The van der Waals surface area contributed by atoms with Gasteiger partial charge in [0.15, 0.2) is 0 Å². The van der Waals surface area contributed by atoms with Crippen molar-refractivity contribution in [2.75, 3.05) is 6.54 Å². The van der Waals surface area contributed by atoms with Crippen LogP contribution in [0.25, 0.3) is 10.1 Å². The molecule has 19 heavy (non-hydrogen) atoms. The van der Waals surface area contributed by atoms with Crippen molar-refractivity contribution in [2.24, 2.45) is 0 Å². The molecule has 1 amide bonds. The molecule has 0 aliphatic heterocycles. The van der Waals surface area contributed by atoms with E-state index < -0.39 is 6.09 Å². The van der Waals surface area contributed by atoms with Gasteiger partial charge >= 0.3 is 6.09 Å². The number of rotatable bonds is 3. The fourth-order valence-corrected chi connectivity index (χ4v) is 3.11. The highest BCUT2D eigenvalue weighted by Crippen LogP contribution is 2.34. The second-order valence-electron chi connectivity index (χ2n) is 4.10. The van der Waals surface area contributed by atoms with Crippen LogP contribution in [0.1, 0.15) is 16.0 Å². The van der Waals surface area contributed by atoms with Crippen LogP contribution in [-0.4, -0.2) is 17.7 Å². The van der Waals surface area contributed by atoms with Gasteiger partial charge in [-0.25, -0.2) is 9.18 Å². The summed E-state index contributed by atoms with van der Waals surface area (Å²) in [4.78, 5) is 10.9. The molecule has 2 aromatic rings. The van der Waals surface area contributed by atoms with Gasteiger partial charge in [0.2, 0.25) is 0 Å². The fourth-order valence-electron chi connectivity index (χ4n) is 2.01. The first kappa shape index (κ1) is 13.3. The Morgan fingerprint density at radius 3 is 2.95 bits per heavy atom. The van der Waals surface area contributed by atoms with E-state index in [1.165, 1.54) is 23.5 Å². The number of nitrogens with one attached hydrogen (secondary N) is 1. The summed E-state index contributed by atoms with van der Waals surface area (Å²) >= 11 is 1.32. The first-order valence-corrected chi connectivity index (χ1v) is 6.43. The number of hydrogen-bond acceptors (Lipinski definition) is 3. The van der Waals surface area contributed by atoms with Crippen LogP contribution in [-0.2, 0) is 6.42 Å². The second-order valence-corrected chi connectivity index (χ2v) is 5.12. The summed E-state index contributed by atoms with van der Waals surface area (Å²) in [5.41, 5.74) is 1.49. The summed E-state index contributed by atoms with van der Waals surface area (Å²) < 4.78 is 14.3. The van der Waals surface area contributed by atoms with Gasteiger partial charge < -0.3 is 10.4 Å². The van der Waals surface area contributed by atoms with E-state index in [0.717, 1.165) is 10.3 Å². The molecule has 0 saturated heterocycles. The SMILES string of the molecule is Cc1cc(F)cc2c(CCNC(=O)O)c(C#N)sc12. The lowest BCUT2D eigenvalue weighted by atomic mass is 10.1. The van der Waals surface area contributed by atoms with Gasteiger partial charge in [0, 0.05) is 16.6 Å². The highest BCUT2D eigenvalue weighted by Gasteiger charge is 2.14. The van der Waals surface area contributed by atoms with E-state index in [1.54, 1.807) is 6.92 Å². The van der Waals surface area contributed by atoms with Gasteiger partial charge in [-0.3, -0.25) is 0 Å². The number of nitriles is 1. The molecule has 1 aromatic heterocycles. The number of amides is 1. The Hall–Kier alpha value is -2.13. The first-order valence-electron chi connectivity index (χ1n) is 5.61. The van der Waals surface area contributed by atoms with Crippen LogP contribution in [0.3, 0.4) is 0 Å². The van der Waals surface area contributed by atoms with Crippen molar-refractivity contribution in [2.45, 2.75) is 13.3 Å². The summed E-state index contributed by atoms with van der Waals surface area (Å²) in [6, 6.07) is 4.92. The molecule has 0 aliphatic carbocycles. The minimum absolute atomic E-state index is 0.200. The number of thiophene rings is 1. The summed E-state index contributed by atoms with van der Waals surface area (Å²) in [7, 11) is 0. The molecule has 6 heteroatoms. The topological polar surface area (TPSA) is 73.1 Å². The molecule has 0 unspecified atom stereocenters. The van der Waals surface area contributed by atoms with Gasteiger partial charge in [-0.1, -0.05) is 0 Å². The van der Waals surface area contributed by atoms with Crippen LogP contribution in [0.4, 0.5) is 9.18 Å². The molecule has 0 spiro atoms. The normalized spacial score (nSPS) is 10.4. The molecule has 2 N–H and O–H groups in total.